The minimum absolute atomic E-state index is 0.370. The van der Waals surface area contributed by atoms with E-state index in [1.165, 1.54) is 0 Å². The number of fused-ring (bicyclic) bond motifs is 2. The molecule has 3 aromatic rings. The molecule has 0 atom stereocenters. The first kappa shape index (κ1) is 15.2. The summed E-state index contributed by atoms with van der Waals surface area (Å²) in [5.41, 5.74) is 1.46. The fourth-order valence-electron chi connectivity index (χ4n) is 2.74. The molecule has 0 saturated heterocycles. The van der Waals surface area contributed by atoms with Crippen molar-refractivity contribution in [2.45, 2.75) is 34.1 Å². The van der Waals surface area contributed by atoms with Crippen LogP contribution in [0.1, 0.15) is 30.9 Å². The van der Waals surface area contributed by atoms with Crippen LogP contribution in [0.3, 0.4) is 0 Å². The Balaban J connectivity index is 2.38. The van der Waals surface area contributed by atoms with Crippen molar-refractivity contribution in [2.75, 3.05) is 0 Å². The monoisotopic (exact) mass is 364 g/mol. The average Bonchev–Trinajstić information content (AvgIpc) is 2.97. The lowest BCUT2D eigenvalue weighted by atomic mass is 9.84. The predicted octanol–water partition coefficient (Wildman–Crippen LogP) is 5.21. The summed E-state index contributed by atoms with van der Waals surface area (Å²) < 4.78 is 12.5. The molecule has 0 amide bonds. The Hall–Kier alpha value is -1.75. The molecule has 2 heterocycles. The number of furan rings is 2. The summed E-state index contributed by atoms with van der Waals surface area (Å²) in [4.78, 5) is 11.5. The number of carbonyl (C=O) groups is 1. The summed E-state index contributed by atoms with van der Waals surface area (Å²) >= 11 is 3.58. The van der Waals surface area contributed by atoms with E-state index in [0.29, 0.717) is 6.42 Å². The van der Waals surface area contributed by atoms with Gasteiger partial charge in [0.2, 0.25) is 0 Å². The Bertz CT molecular complexity index is 841. The van der Waals surface area contributed by atoms with Crippen LogP contribution in [-0.4, -0.2) is 11.1 Å². The largest absolute Gasteiger partial charge is 0.481 e. The molecule has 5 heteroatoms. The van der Waals surface area contributed by atoms with Crippen molar-refractivity contribution >= 4 is 43.8 Å². The fraction of sp³-hybridized carbons (Fsp3) is 0.353. The highest BCUT2D eigenvalue weighted by molar-refractivity contribution is 9.10. The van der Waals surface area contributed by atoms with Crippen molar-refractivity contribution in [1.29, 1.82) is 0 Å². The molecule has 0 aliphatic heterocycles. The summed E-state index contributed by atoms with van der Waals surface area (Å²) in [7, 11) is 0. The number of halogens is 1. The first-order valence-corrected chi connectivity index (χ1v) is 7.84. The fourth-order valence-corrected chi connectivity index (χ4v) is 3.33. The molecule has 0 saturated carbocycles. The van der Waals surface area contributed by atoms with E-state index in [1.54, 1.807) is 13.8 Å². The van der Waals surface area contributed by atoms with Gasteiger partial charge in [-0.15, -0.1) is 0 Å². The van der Waals surface area contributed by atoms with Crippen molar-refractivity contribution in [3.8, 4) is 0 Å². The second-order valence-electron chi connectivity index (χ2n) is 6.36. The zero-order valence-electron chi connectivity index (χ0n) is 12.9. The molecule has 0 fully saturated rings. The van der Waals surface area contributed by atoms with E-state index in [-0.39, 0.29) is 0 Å². The van der Waals surface area contributed by atoms with Crippen LogP contribution in [0.4, 0.5) is 0 Å². The molecule has 1 aromatic carbocycles. The molecule has 0 aliphatic rings. The Labute approximate surface area is 136 Å². The lowest BCUT2D eigenvalue weighted by Crippen LogP contribution is -2.26. The van der Waals surface area contributed by atoms with Gasteiger partial charge < -0.3 is 13.9 Å². The van der Waals surface area contributed by atoms with E-state index in [2.05, 4.69) is 15.9 Å². The normalized spacial score (nSPS) is 12.4. The summed E-state index contributed by atoms with van der Waals surface area (Å²) in [5.74, 6) is 0.740. The van der Waals surface area contributed by atoms with Crippen LogP contribution in [0.2, 0.25) is 0 Å². The van der Waals surface area contributed by atoms with Crippen LogP contribution >= 0.6 is 15.9 Å². The third-order valence-corrected chi connectivity index (χ3v) is 4.73. The number of hydrogen-bond donors (Lipinski definition) is 1. The van der Waals surface area contributed by atoms with E-state index in [4.69, 9.17) is 8.83 Å². The standard InChI is InChI=1S/C17H17BrO4/c1-8-5-10-12(7-17(3,4)16(19)20)14-11(6-9(2)21-14)13(18)15(10)22-8/h5-6H,7H2,1-4H3,(H,19,20). The van der Waals surface area contributed by atoms with Gasteiger partial charge in [0.15, 0.2) is 0 Å². The molecule has 0 radical (unpaired) electrons. The maximum Gasteiger partial charge on any atom is 0.309 e. The van der Waals surface area contributed by atoms with Gasteiger partial charge in [-0.2, -0.15) is 0 Å². The average molecular weight is 365 g/mol. The molecule has 4 nitrogen and oxygen atoms in total. The maximum absolute atomic E-state index is 11.5. The summed E-state index contributed by atoms with van der Waals surface area (Å²) in [5, 5.41) is 11.3. The van der Waals surface area contributed by atoms with Gasteiger partial charge >= 0.3 is 5.97 Å². The second kappa shape index (κ2) is 4.88. The Morgan fingerprint density at radius 2 is 1.68 bits per heavy atom. The van der Waals surface area contributed by atoms with E-state index in [9.17, 15) is 9.90 Å². The Morgan fingerprint density at radius 3 is 2.27 bits per heavy atom. The van der Waals surface area contributed by atoms with Gasteiger partial charge in [0.25, 0.3) is 0 Å². The predicted molar refractivity (Wildman–Crippen MR) is 88.3 cm³/mol. The first-order chi connectivity index (χ1) is 10.2. The van der Waals surface area contributed by atoms with Crippen molar-refractivity contribution in [3.63, 3.8) is 0 Å². The number of benzene rings is 1. The highest BCUT2D eigenvalue weighted by Crippen LogP contribution is 2.41. The molecular formula is C17H17BrO4. The molecular weight excluding hydrogens is 348 g/mol. The lowest BCUT2D eigenvalue weighted by molar-refractivity contribution is -0.146. The van der Waals surface area contributed by atoms with Gasteiger partial charge in [-0.1, -0.05) is 0 Å². The van der Waals surface area contributed by atoms with Gasteiger partial charge in [0.05, 0.1) is 9.89 Å². The van der Waals surface area contributed by atoms with E-state index in [0.717, 1.165) is 43.5 Å². The van der Waals surface area contributed by atoms with Crippen LogP contribution in [0.15, 0.2) is 25.4 Å². The summed E-state index contributed by atoms with van der Waals surface area (Å²) in [6.45, 7) is 7.20. The van der Waals surface area contributed by atoms with E-state index in [1.807, 2.05) is 26.0 Å². The summed E-state index contributed by atoms with van der Waals surface area (Å²) in [6, 6.07) is 3.87. The molecule has 22 heavy (non-hydrogen) atoms. The third kappa shape index (κ3) is 2.24. The Morgan fingerprint density at radius 1 is 1.14 bits per heavy atom. The van der Waals surface area contributed by atoms with E-state index < -0.39 is 11.4 Å². The van der Waals surface area contributed by atoms with Crippen molar-refractivity contribution in [3.05, 3.63) is 33.7 Å². The van der Waals surface area contributed by atoms with Crippen molar-refractivity contribution < 1.29 is 18.7 Å². The second-order valence-corrected chi connectivity index (χ2v) is 7.15. The SMILES string of the molecule is Cc1cc2c(CC(C)(C)C(=O)O)c3oc(C)cc3c(Br)c2o1. The minimum Gasteiger partial charge on any atom is -0.481 e. The van der Waals surface area contributed by atoms with Crippen LogP contribution in [0, 0.1) is 19.3 Å². The smallest absolute Gasteiger partial charge is 0.309 e. The van der Waals surface area contributed by atoms with E-state index >= 15 is 0 Å². The molecule has 3 rings (SSSR count). The lowest BCUT2D eigenvalue weighted by Gasteiger charge is -2.19. The number of carboxylic acids is 1. The number of rotatable bonds is 3. The van der Waals surface area contributed by atoms with Gasteiger partial charge in [-0.3, -0.25) is 4.79 Å². The maximum atomic E-state index is 11.5. The highest BCUT2D eigenvalue weighted by Gasteiger charge is 2.31. The summed E-state index contributed by atoms with van der Waals surface area (Å²) in [6.07, 6.45) is 0.370. The quantitative estimate of drug-likeness (QED) is 0.692. The van der Waals surface area contributed by atoms with Crippen LogP contribution < -0.4 is 0 Å². The van der Waals surface area contributed by atoms with Crippen molar-refractivity contribution in [1.82, 2.24) is 0 Å². The number of carboxylic acid groups (broad SMARTS) is 1. The van der Waals surface area contributed by atoms with Gasteiger partial charge in [0.1, 0.15) is 22.7 Å². The number of aliphatic carboxylic acids is 1. The van der Waals surface area contributed by atoms with Gasteiger partial charge in [0, 0.05) is 16.3 Å². The minimum atomic E-state index is -0.889. The Kier molecular flexibility index (Phi) is 3.36. The van der Waals surface area contributed by atoms with Crippen LogP contribution in [0.25, 0.3) is 21.9 Å². The number of aryl methyl sites for hydroxylation is 2. The highest BCUT2D eigenvalue weighted by atomic mass is 79.9. The van der Waals surface area contributed by atoms with Crippen LogP contribution in [-0.2, 0) is 11.2 Å². The molecule has 1 N–H and O–H groups in total. The van der Waals surface area contributed by atoms with Gasteiger partial charge in [-0.05, 0) is 62.2 Å². The molecule has 2 aromatic heterocycles. The first-order valence-electron chi connectivity index (χ1n) is 7.05. The van der Waals surface area contributed by atoms with Crippen LogP contribution in [0.5, 0.6) is 0 Å². The molecule has 116 valence electrons. The topological polar surface area (TPSA) is 63.6 Å². The van der Waals surface area contributed by atoms with Crippen molar-refractivity contribution in [2.24, 2.45) is 5.41 Å². The molecule has 0 bridgehead atoms. The zero-order valence-corrected chi connectivity index (χ0v) is 14.5. The molecule has 0 unspecified atom stereocenters. The molecule has 0 spiro atoms. The third-order valence-electron chi connectivity index (χ3n) is 3.94. The van der Waals surface area contributed by atoms with Gasteiger partial charge in [-0.25, -0.2) is 0 Å². The zero-order chi connectivity index (χ0) is 16.2. The molecule has 0 aliphatic carbocycles. The number of hydrogen-bond acceptors (Lipinski definition) is 3.